The summed E-state index contributed by atoms with van der Waals surface area (Å²) in [7, 11) is 0. The molecular formula is C18H16NO6-. The minimum Gasteiger partial charge on any atom is -0.733 e. The number of nitrogens with zero attached hydrogens (tertiary/aromatic N) is 1. The van der Waals surface area contributed by atoms with Gasteiger partial charge in [-0.3, -0.25) is 10.0 Å². The highest BCUT2D eigenvalue weighted by atomic mass is 16.8. The second-order valence-corrected chi connectivity index (χ2v) is 5.94. The molecule has 4 rings (SSSR count). The first-order valence-electron chi connectivity index (χ1n) is 8.01. The maximum absolute atomic E-state index is 12.4. The van der Waals surface area contributed by atoms with Crippen molar-refractivity contribution < 1.29 is 24.2 Å². The summed E-state index contributed by atoms with van der Waals surface area (Å²) < 4.78 is 17.2. The molecule has 0 aliphatic carbocycles. The lowest BCUT2D eigenvalue weighted by Gasteiger charge is -2.28. The van der Waals surface area contributed by atoms with Crippen molar-refractivity contribution in [3.05, 3.63) is 52.7 Å². The van der Waals surface area contributed by atoms with Gasteiger partial charge < -0.3 is 24.6 Å². The van der Waals surface area contributed by atoms with E-state index in [1.807, 2.05) is 18.2 Å². The van der Waals surface area contributed by atoms with E-state index in [1.165, 1.54) is 18.2 Å². The van der Waals surface area contributed by atoms with E-state index in [0.29, 0.717) is 30.5 Å². The Bertz CT molecular complexity index is 819. The normalized spacial score (nSPS) is 18.8. The molecular weight excluding hydrogens is 326 g/mol. The number of hydrogen-bond acceptors (Lipinski definition) is 7. The smallest absolute Gasteiger partial charge is 0.170 e. The lowest BCUT2D eigenvalue weighted by Crippen LogP contribution is -2.21. The van der Waals surface area contributed by atoms with E-state index in [0.717, 1.165) is 12.0 Å². The van der Waals surface area contributed by atoms with Crippen LogP contribution >= 0.6 is 0 Å². The largest absolute Gasteiger partial charge is 0.733 e. The molecule has 25 heavy (non-hydrogen) atoms. The molecule has 1 N–H and O–H groups in total. The second kappa shape index (κ2) is 6.27. The van der Waals surface area contributed by atoms with Crippen LogP contribution in [0.5, 0.6) is 17.2 Å². The average molecular weight is 342 g/mol. The Kier molecular flexibility index (Phi) is 3.95. The molecule has 0 amide bonds. The SMILES string of the molecule is O=C1C[C@@H](c2ccc3c(c2)OCCCO3)Oc2ccc(N([O-])O)cc21. The molecule has 0 saturated carbocycles. The number of carbonyl (C=O) groups is 1. The second-order valence-electron chi connectivity index (χ2n) is 5.94. The lowest BCUT2D eigenvalue weighted by molar-refractivity contribution is 0.0849. The van der Waals surface area contributed by atoms with Crippen molar-refractivity contribution in [3.63, 3.8) is 0 Å². The van der Waals surface area contributed by atoms with Gasteiger partial charge >= 0.3 is 0 Å². The Balaban J connectivity index is 1.63. The standard InChI is InChI=1S/C18H16NO6/c20-14-10-17(25-15-5-3-12(19(21)22)9-13(14)15)11-2-4-16-18(8-11)24-7-1-6-23-16/h2-5,8-9,17,21H,1,6-7,10H2/q-1/t17-/m0/s1. The minimum absolute atomic E-state index is 0.00951. The first-order valence-corrected chi connectivity index (χ1v) is 8.01. The first kappa shape index (κ1) is 15.7. The summed E-state index contributed by atoms with van der Waals surface area (Å²) in [5.74, 6) is 1.57. The van der Waals surface area contributed by atoms with Crippen LogP contribution in [0.3, 0.4) is 0 Å². The molecule has 0 radical (unpaired) electrons. The maximum atomic E-state index is 12.4. The van der Waals surface area contributed by atoms with E-state index in [-0.39, 0.29) is 28.7 Å². The molecule has 0 unspecified atom stereocenters. The molecule has 0 aromatic heterocycles. The first-order chi connectivity index (χ1) is 12.1. The van der Waals surface area contributed by atoms with Crippen molar-refractivity contribution in [1.82, 2.24) is 0 Å². The minimum atomic E-state index is -0.444. The van der Waals surface area contributed by atoms with Crippen molar-refractivity contribution in [2.24, 2.45) is 0 Å². The van der Waals surface area contributed by atoms with Gasteiger partial charge in [0.15, 0.2) is 17.3 Å². The molecule has 2 aromatic rings. The summed E-state index contributed by atoms with van der Waals surface area (Å²) >= 11 is 0. The molecule has 0 spiro atoms. The molecule has 0 fully saturated rings. The number of carbonyl (C=O) groups excluding carboxylic acids is 1. The zero-order valence-electron chi connectivity index (χ0n) is 13.3. The lowest BCUT2D eigenvalue weighted by atomic mass is 9.95. The fraction of sp³-hybridized carbons (Fsp3) is 0.278. The van der Waals surface area contributed by atoms with E-state index in [4.69, 9.17) is 19.4 Å². The van der Waals surface area contributed by atoms with Gasteiger partial charge in [-0.2, -0.15) is 0 Å². The number of anilines is 1. The summed E-state index contributed by atoms with van der Waals surface area (Å²) in [6, 6.07) is 9.76. The van der Waals surface area contributed by atoms with Crippen LogP contribution in [0.15, 0.2) is 36.4 Å². The number of fused-ring (bicyclic) bond motifs is 2. The highest BCUT2D eigenvalue weighted by Crippen LogP contribution is 2.39. The van der Waals surface area contributed by atoms with Gasteiger partial charge in [0.1, 0.15) is 11.9 Å². The predicted molar refractivity (Wildman–Crippen MR) is 88.4 cm³/mol. The van der Waals surface area contributed by atoms with Gasteiger partial charge in [-0.25, -0.2) is 0 Å². The summed E-state index contributed by atoms with van der Waals surface area (Å²) in [5, 5.41) is 19.7. The highest BCUT2D eigenvalue weighted by molar-refractivity contribution is 6.00. The quantitative estimate of drug-likeness (QED) is 0.838. The predicted octanol–water partition coefficient (Wildman–Crippen LogP) is 3.25. The molecule has 7 heteroatoms. The molecule has 2 aliphatic heterocycles. The van der Waals surface area contributed by atoms with Crippen molar-refractivity contribution >= 4 is 11.5 Å². The molecule has 2 heterocycles. The third-order valence-electron chi connectivity index (χ3n) is 4.27. The zero-order valence-corrected chi connectivity index (χ0v) is 13.3. The fourth-order valence-corrected chi connectivity index (χ4v) is 3.00. The van der Waals surface area contributed by atoms with Gasteiger partial charge in [0, 0.05) is 6.42 Å². The summed E-state index contributed by atoms with van der Waals surface area (Å²) in [6.07, 6.45) is 0.514. The monoisotopic (exact) mass is 342 g/mol. The van der Waals surface area contributed by atoms with Crippen LogP contribution in [0, 0.1) is 5.21 Å². The summed E-state index contributed by atoms with van der Waals surface area (Å²) in [6.45, 7) is 1.20. The Morgan fingerprint density at radius 2 is 1.80 bits per heavy atom. The Morgan fingerprint density at radius 3 is 2.60 bits per heavy atom. The molecule has 2 aliphatic rings. The van der Waals surface area contributed by atoms with Crippen molar-refractivity contribution in [2.75, 3.05) is 18.4 Å². The summed E-state index contributed by atoms with van der Waals surface area (Å²) in [5.41, 5.74) is 1.10. The molecule has 130 valence electrons. The number of Topliss-reactive ketones (excluding diaryl/α,β-unsaturated/α-hetero) is 1. The van der Waals surface area contributed by atoms with Gasteiger partial charge in [0.05, 0.1) is 30.9 Å². The van der Waals surface area contributed by atoms with E-state index in [2.05, 4.69) is 0 Å². The topological polar surface area (TPSA) is 91.3 Å². The molecule has 2 aromatic carbocycles. The van der Waals surface area contributed by atoms with E-state index < -0.39 is 6.10 Å². The average Bonchev–Trinajstić information content (AvgIpc) is 2.86. The Morgan fingerprint density at radius 1 is 1.04 bits per heavy atom. The van der Waals surface area contributed by atoms with E-state index >= 15 is 0 Å². The van der Waals surface area contributed by atoms with Crippen LogP contribution in [0.2, 0.25) is 0 Å². The molecule has 1 atom stereocenters. The van der Waals surface area contributed by atoms with Crippen molar-refractivity contribution in [2.45, 2.75) is 18.9 Å². The van der Waals surface area contributed by atoms with Gasteiger partial charge in [-0.1, -0.05) is 6.07 Å². The van der Waals surface area contributed by atoms with Crippen LogP contribution in [-0.4, -0.2) is 24.2 Å². The van der Waals surface area contributed by atoms with Gasteiger partial charge in [-0.15, -0.1) is 0 Å². The third-order valence-corrected chi connectivity index (χ3v) is 4.27. The highest BCUT2D eigenvalue weighted by Gasteiger charge is 2.29. The van der Waals surface area contributed by atoms with E-state index in [9.17, 15) is 10.0 Å². The molecule has 0 saturated heterocycles. The molecule has 0 bridgehead atoms. The number of benzene rings is 2. The van der Waals surface area contributed by atoms with Crippen molar-refractivity contribution in [1.29, 1.82) is 0 Å². The van der Waals surface area contributed by atoms with Crippen LogP contribution < -0.4 is 19.4 Å². The van der Waals surface area contributed by atoms with Gasteiger partial charge in [-0.05, 0) is 35.9 Å². The van der Waals surface area contributed by atoms with Crippen molar-refractivity contribution in [3.8, 4) is 17.2 Å². The van der Waals surface area contributed by atoms with Crippen LogP contribution in [-0.2, 0) is 0 Å². The molecule has 7 nitrogen and oxygen atoms in total. The Labute approximate surface area is 143 Å². The number of ether oxygens (including phenoxy) is 3. The van der Waals surface area contributed by atoms with Gasteiger partial charge in [0.2, 0.25) is 0 Å². The van der Waals surface area contributed by atoms with Gasteiger partial charge in [0.25, 0.3) is 0 Å². The number of rotatable bonds is 2. The van der Waals surface area contributed by atoms with Crippen LogP contribution in [0.4, 0.5) is 5.69 Å². The fourth-order valence-electron chi connectivity index (χ4n) is 3.00. The maximum Gasteiger partial charge on any atom is 0.170 e. The third kappa shape index (κ3) is 2.99. The zero-order chi connectivity index (χ0) is 17.4. The summed E-state index contributed by atoms with van der Waals surface area (Å²) in [4.78, 5) is 12.4. The number of ketones is 1. The Hall–Kier alpha value is -2.77. The van der Waals surface area contributed by atoms with Crippen LogP contribution in [0.25, 0.3) is 0 Å². The number of hydrogen-bond donors (Lipinski definition) is 1. The van der Waals surface area contributed by atoms with E-state index in [1.54, 1.807) is 0 Å². The van der Waals surface area contributed by atoms with Crippen LogP contribution in [0.1, 0.15) is 34.9 Å².